The number of aryl methyl sites for hydroxylation is 1. The predicted molar refractivity (Wildman–Crippen MR) is 97.6 cm³/mol. The number of pyridine rings is 1. The Morgan fingerprint density at radius 2 is 1.67 bits per heavy atom. The Morgan fingerprint density at radius 3 is 2.26 bits per heavy atom. The summed E-state index contributed by atoms with van der Waals surface area (Å²) in [5, 5.41) is 12.3. The molecule has 0 saturated heterocycles. The van der Waals surface area contributed by atoms with Crippen molar-refractivity contribution in [3.8, 4) is 17.4 Å². The van der Waals surface area contributed by atoms with Gasteiger partial charge in [-0.15, -0.1) is 0 Å². The number of aromatic nitrogens is 1. The molecule has 1 heterocycles. The van der Waals surface area contributed by atoms with Crippen LogP contribution in [0.15, 0.2) is 42.5 Å². The quantitative estimate of drug-likeness (QED) is 0.384. The Labute approximate surface area is 154 Å². The molecule has 2 aromatic carbocycles. The molecule has 1 aromatic heterocycles. The van der Waals surface area contributed by atoms with Gasteiger partial charge in [0.1, 0.15) is 0 Å². The normalized spacial score (nSPS) is 10.5. The van der Waals surface area contributed by atoms with E-state index in [2.05, 4.69) is 4.98 Å². The van der Waals surface area contributed by atoms with Gasteiger partial charge < -0.3 is 14.2 Å². The molecule has 3 aromatic rings. The molecule has 0 atom stereocenters. The number of rotatable bonds is 5. The van der Waals surface area contributed by atoms with Crippen molar-refractivity contribution in [2.45, 2.75) is 6.92 Å². The highest BCUT2D eigenvalue weighted by Gasteiger charge is 2.15. The average molecular weight is 368 g/mol. The summed E-state index contributed by atoms with van der Waals surface area (Å²) < 4.78 is 15.9. The van der Waals surface area contributed by atoms with E-state index in [0.29, 0.717) is 17.2 Å². The van der Waals surface area contributed by atoms with E-state index in [0.717, 1.165) is 10.8 Å². The van der Waals surface area contributed by atoms with Gasteiger partial charge in [0.2, 0.25) is 5.88 Å². The summed E-state index contributed by atoms with van der Waals surface area (Å²) in [4.78, 5) is 26.7. The maximum Gasteiger partial charge on any atom is 0.344 e. The molecule has 0 saturated carbocycles. The second-order valence-corrected chi connectivity index (χ2v) is 5.67. The van der Waals surface area contributed by atoms with E-state index in [1.54, 1.807) is 32.2 Å². The number of hydrogen-bond acceptors (Lipinski definition) is 7. The zero-order valence-corrected chi connectivity index (χ0v) is 14.9. The van der Waals surface area contributed by atoms with E-state index in [-0.39, 0.29) is 17.1 Å². The van der Waals surface area contributed by atoms with Crippen molar-refractivity contribution < 1.29 is 23.9 Å². The zero-order valence-electron chi connectivity index (χ0n) is 14.9. The minimum Gasteiger partial charge on any atom is -0.493 e. The third kappa shape index (κ3) is 3.64. The van der Waals surface area contributed by atoms with Gasteiger partial charge in [0.15, 0.2) is 11.5 Å². The molecule has 8 heteroatoms. The highest BCUT2D eigenvalue weighted by molar-refractivity contribution is 5.93. The van der Waals surface area contributed by atoms with Crippen molar-refractivity contribution in [2.75, 3.05) is 14.2 Å². The second-order valence-electron chi connectivity index (χ2n) is 5.67. The van der Waals surface area contributed by atoms with Crippen LogP contribution in [0.3, 0.4) is 0 Å². The number of nitrogens with zero attached hydrogens (tertiary/aromatic N) is 2. The molecule has 8 nitrogen and oxygen atoms in total. The lowest BCUT2D eigenvalue weighted by molar-refractivity contribution is -0.384. The van der Waals surface area contributed by atoms with E-state index in [9.17, 15) is 14.9 Å². The largest absolute Gasteiger partial charge is 0.493 e. The van der Waals surface area contributed by atoms with E-state index >= 15 is 0 Å². The lowest BCUT2D eigenvalue weighted by Gasteiger charge is -2.12. The van der Waals surface area contributed by atoms with E-state index in [1.165, 1.54) is 31.4 Å². The van der Waals surface area contributed by atoms with Gasteiger partial charge >= 0.3 is 5.97 Å². The van der Waals surface area contributed by atoms with Crippen molar-refractivity contribution in [3.05, 3.63) is 63.8 Å². The number of esters is 1. The number of methoxy groups -OCH3 is 2. The van der Waals surface area contributed by atoms with Crippen molar-refractivity contribution in [1.82, 2.24) is 4.98 Å². The van der Waals surface area contributed by atoms with Crippen LogP contribution in [0.1, 0.15) is 16.1 Å². The molecule has 0 N–H and O–H groups in total. The SMILES string of the molecule is COc1cc2cc(OC(=O)c3ccc([N+](=O)[O-])cc3)nc(C)c2cc1OC. The molecule has 3 rings (SSSR count). The van der Waals surface area contributed by atoms with Gasteiger partial charge in [-0.2, -0.15) is 0 Å². The van der Waals surface area contributed by atoms with Gasteiger partial charge in [-0.05, 0) is 36.6 Å². The van der Waals surface area contributed by atoms with E-state index in [4.69, 9.17) is 14.2 Å². The summed E-state index contributed by atoms with van der Waals surface area (Å²) in [6, 6.07) is 10.3. The minimum atomic E-state index is -0.656. The van der Waals surface area contributed by atoms with Crippen molar-refractivity contribution in [1.29, 1.82) is 0 Å². The number of nitro benzene ring substituents is 1. The van der Waals surface area contributed by atoms with Gasteiger partial charge in [-0.25, -0.2) is 9.78 Å². The molecule has 138 valence electrons. The Balaban J connectivity index is 1.92. The molecule has 27 heavy (non-hydrogen) atoms. The Morgan fingerprint density at radius 1 is 1.04 bits per heavy atom. The van der Waals surface area contributed by atoms with Crippen LogP contribution in [0, 0.1) is 17.0 Å². The third-order valence-electron chi connectivity index (χ3n) is 4.01. The third-order valence-corrected chi connectivity index (χ3v) is 4.01. The molecule has 0 radical (unpaired) electrons. The number of benzene rings is 2. The highest BCUT2D eigenvalue weighted by Crippen LogP contribution is 2.34. The molecular formula is C19H16N2O6. The molecule has 0 amide bonds. The van der Waals surface area contributed by atoms with Crippen LogP contribution in [0.4, 0.5) is 5.69 Å². The summed E-state index contributed by atoms with van der Waals surface area (Å²) >= 11 is 0. The number of fused-ring (bicyclic) bond motifs is 1. The Kier molecular flexibility index (Phi) is 4.89. The Hall–Kier alpha value is -3.68. The van der Waals surface area contributed by atoms with Crippen molar-refractivity contribution in [2.24, 2.45) is 0 Å². The maximum atomic E-state index is 12.3. The number of ether oxygens (including phenoxy) is 3. The predicted octanol–water partition coefficient (Wildman–Crippen LogP) is 3.69. The van der Waals surface area contributed by atoms with Crippen LogP contribution in [0.25, 0.3) is 10.8 Å². The first-order valence-electron chi connectivity index (χ1n) is 7.93. The number of carbonyl (C=O) groups excluding carboxylic acids is 1. The molecule has 0 aliphatic carbocycles. The van der Waals surface area contributed by atoms with Crippen LogP contribution in [0.2, 0.25) is 0 Å². The first kappa shape index (κ1) is 18.1. The van der Waals surface area contributed by atoms with Gasteiger partial charge in [-0.1, -0.05) is 0 Å². The van der Waals surface area contributed by atoms with Crippen LogP contribution in [-0.4, -0.2) is 30.1 Å². The van der Waals surface area contributed by atoms with Gasteiger partial charge in [0.25, 0.3) is 5.69 Å². The summed E-state index contributed by atoms with van der Waals surface area (Å²) in [5.41, 5.74) is 0.736. The molecule has 0 aliphatic heterocycles. The molecule has 0 spiro atoms. The van der Waals surface area contributed by atoms with Crippen LogP contribution in [0.5, 0.6) is 17.4 Å². The van der Waals surface area contributed by atoms with Gasteiger partial charge in [-0.3, -0.25) is 10.1 Å². The zero-order chi connectivity index (χ0) is 19.6. The minimum absolute atomic E-state index is 0.104. The average Bonchev–Trinajstić information content (AvgIpc) is 2.67. The molecule has 0 aliphatic rings. The molecule has 0 unspecified atom stereocenters. The first-order valence-corrected chi connectivity index (χ1v) is 7.93. The summed E-state index contributed by atoms with van der Waals surface area (Å²) in [7, 11) is 3.08. The summed E-state index contributed by atoms with van der Waals surface area (Å²) in [6.45, 7) is 1.79. The van der Waals surface area contributed by atoms with Crippen LogP contribution >= 0.6 is 0 Å². The van der Waals surface area contributed by atoms with Crippen LogP contribution < -0.4 is 14.2 Å². The van der Waals surface area contributed by atoms with Crippen molar-refractivity contribution >= 4 is 22.4 Å². The molecule has 0 bridgehead atoms. The number of nitro groups is 1. The van der Waals surface area contributed by atoms with E-state index < -0.39 is 10.9 Å². The van der Waals surface area contributed by atoms with E-state index in [1.807, 2.05) is 0 Å². The fourth-order valence-corrected chi connectivity index (χ4v) is 2.64. The fraction of sp³-hybridized carbons (Fsp3) is 0.158. The maximum absolute atomic E-state index is 12.3. The van der Waals surface area contributed by atoms with Crippen LogP contribution in [-0.2, 0) is 0 Å². The standard InChI is InChI=1S/C19H16N2O6/c1-11-15-10-17(26-3)16(25-2)8-13(15)9-18(20-11)27-19(22)12-4-6-14(7-5-12)21(23)24/h4-10H,1-3H3. The Bertz CT molecular complexity index is 1030. The summed E-state index contributed by atoms with van der Waals surface area (Å²) in [6.07, 6.45) is 0. The van der Waals surface area contributed by atoms with Gasteiger partial charge in [0.05, 0.1) is 24.7 Å². The number of carbonyl (C=O) groups is 1. The number of non-ortho nitro benzene ring substituents is 1. The van der Waals surface area contributed by atoms with Crippen molar-refractivity contribution in [3.63, 3.8) is 0 Å². The fourth-order valence-electron chi connectivity index (χ4n) is 2.64. The topological polar surface area (TPSA) is 101 Å². The molecular weight excluding hydrogens is 352 g/mol. The van der Waals surface area contributed by atoms with Gasteiger partial charge in [0, 0.05) is 29.3 Å². The lowest BCUT2D eigenvalue weighted by Crippen LogP contribution is -2.10. The second kappa shape index (κ2) is 7.28. The smallest absolute Gasteiger partial charge is 0.344 e. The monoisotopic (exact) mass is 368 g/mol. The lowest BCUT2D eigenvalue weighted by atomic mass is 10.1. The first-order chi connectivity index (χ1) is 12.9. The highest BCUT2D eigenvalue weighted by atomic mass is 16.6. The summed E-state index contributed by atoms with van der Waals surface area (Å²) in [5.74, 6) is 0.584. The number of hydrogen-bond donors (Lipinski definition) is 0. The molecule has 0 fully saturated rings.